The SMILES string of the molecule is O=C(Nc1ccc(Cl)cc1)N1CCC(N2C(=O)CNC2=O)CC1. The highest BCUT2D eigenvalue weighted by Crippen LogP contribution is 2.20. The molecule has 1 aromatic rings. The lowest BCUT2D eigenvalue weighted by atomic mass is 10.0. The predicted octanol–water partition coefficient (Wildman–Crippen LogP) is 1.89. The minimum Gasteiger partial charge on any atom is -0.329 e. The van der Waals surface area contributed by atoms with Crippen molar-refractivity contribution in [2.75, 3.05) is 25.0 Å². The van der Waals surface area contributed by atoms with Crippen LogP contribution >= 0.6 is 11.6 Å². The maximum Gasteiger partial charge on any atom is 0.324 e. The first-order valence-corrected chi connectivity index (χ1v) is 7.84. The van der Waals surface area contributed by atoms with Gasteiger partial charge in [-0.15, -0.1) is 0 Å². The minimum atomic E-state index is -0.334. The Hall–Kier alpha value is -2.28. The first kappa shape index (κ1) is 15.6. The van der Waals surface area contributed by atoms with E-state index in [4.69, 9.17) is 11.6 Å². The van der Waals surface area contributed by atoms with Crippen molar-refractivity contribution in [1.82, 2.24) is 15.1 Å². The molecule has 8 heteroatoms. The van der Waals surface area contributed by atoms with Crippen molar-refractivity contribution in [2.24, 2.45) is 0 Å². The zero-order valence-corrected chi connectivity index (χ0v) is 13.2. The Labute approximate surface area is 138 Å². The van der Waals surface area contributed by atoms with Gasteiger partial charge >= 0.3 is 12.1 Å². The molecule has 0 spiro atoms. The van der Waals surface area contributed by atoms with Gasteiger partial charge in [0.1, 0.15) is 0 Å². The van der Waals surface area contributed by atoms with Gasteiger partial charge in [-0.3, -0.25) is 9.69 Å². The lowest BCUT2D eigenvalue weighted by Gasteiger charge is -2.35. The lowest BCUT2D eigenvalue weighted by Crippen LogP contribution is -2.49. The molecule has 0 bridgehead atoms. The van der Waals surface area contributed by atoms with Crippen LogP contribution in [0.5, 0.6) is 0 Å². The van der Waals surface area contributed by atoms with Crippen LogP contribution in [-0.2, 0) is 4.79 Å². The Kier molecular flexibility index (Phi) is 4.38. The zero-order valence-electron chi connectivity index (χ0n) is 12.4. The highest BCUT2D eigenvalue weighted by Gasteiger charge is 2.37. The average molecular weight is 337 g/mol. The van der Waals surface area contributed by atoms with E-state index >= 15 is 0 Å². The monoisotopic (exact) mass is 336 g/mol. The first-order valence-electron chi connectivity index (χ1n) is 7.46. The number of benzene rings is 1. The molecule has 2 N–H and O–H groups in total. The van der Waals surface area contributed by atoms with Crippen molar-refractivity contribution in [1.29, 1.82) is 0 Å². The summed E-state index contributed by atoms with van der Waals surface area (Å²) in [5.74, 6) is -0.195. The summed E-state index contributed by atoms with van der Waals surface area (Å²) in [6.45, 7) is 1.07. The molecule has 122 valence electrons. The number of piperidine rings is 1. The molecule has 3 rings (SSSR count). The van der Waals surface area contributed by atoms with Gasteiger partial charge in [-0.25, -0.2) is 9.59 Å². The van der Waals surface area contributed by atoms with Crippen molar-refractivity contribution >= 4 is 35.3 Å². The molecule has 0 aromatic heterocycles. The second-order valence-electron chi connectivity index (χ2n) is 5.58. The molecular formula is C15H17ClN4O3. The van der Waals surface area contributed by atoms with Gasteiger partial charge < -0.3 is 15.5 Å². The first-order chi connectivity index (χ1) is 11.0. The van der Waals surface area contributed by atoms with Crippen LogP contribution in [0, 0.1) is 0 Å². The Morgan fingerprint density at radius 1 is 1.17 bits per heavy atom. The number of nitrogens with one attached hydrogen (secondary N) is 2. The molecule has 0 saturated carbocycles. The number of carbonyl (C=O) groups is 3. The fraction of sp³-hybridized carbons (Fsp3) is 0.400. The largest absolute Gasteiger partial charge is 0.329 e. The Bertz CT molecular complexity index is 610. The molecule has 23 heavy (non-hydrogen) atoms. The number of anilines is 1. The summed E-state index contributed by atoms with van der Waals surface area (Å²) in [6.07, 6.45) is 1.18. The van der Waals surface area contributed by atoms with Crippen LogP contribution in [0.25, 0.3) is 0 Å². The van der Waals surface area contributed by atoms with E-state index in [0.717, 1.165) is 0 Å². The number of hydrogen-bond donors (Lipinski definition) is 2. The summed E-state index contributed by atoms with van der Waals surface area (Å²) in [5.41, 5.74) is 0.677. The van der Waals surface area contributed by atoms with Crippen molar-refractivity contribution in [2.45, 2.75) is 18.9 Å². The third kappa shape index (κ3) is 3.39. The molecule has 1 aromatic carbocycles. The van der Waals surface area contributed by atoms with Crippen LogP contribution < -0.4 is 10.6 Å². The van der Waals surface area contributed by atoms with Crippen molar-refractivity contribution in [3.63, 3.8) is 0 Å². The number of hydrogen-bond acceptors (Lipinski definition) is 3. The second kappa shape index (κ2) is 6.45. The number of nitrogens with zero attached hydrogens (tertiary/aromatic N) is 2. The smallest absolute Gasteiger partial charge is 0.324 e. The van der Waals surface area contributed by atoms with E-state index in [0.29, 0.717) is 36.6 Å². The van der Waals surface area contributed by atoms with Crippen molar-refractivity contribution in [3.05, 3.63) is 29.3 Å². The summed E-state index contributed by atoms with van der Waals surface area (Å²) in [6, 6.07) is 6.23. The van der Waals surface area contributed by atoms with Gasteiger partial charge in [0.25, 0.3) is 0 Å². The topological polar surface area (TPSA) is 81.8 Å². The second-order valence-corrected chi connectivity index (χ2v) is 6.01. The lowest BCUT2D eigenvalue weighted by molar-refractivity contribution is -0.127. The Morgan fingerprint density at radius 2 is 1.83 bits per heavy atom. The summed E-state index contributed by atoms with van der Waals surface area (Å²) in [4.78, 5) is 38.6. The van der Waals surface area contributed by atoms with E-state index in [2.05, 4.69) is 10.6 Å². The molecule has 2 heterocycles. The van der Waals surface area contributed by atoms with E-state index in [1.165, 1.54) is 4.90 Å². The number of imide groups is 1. The van der Waals surface area contributed by atoms with Gasteiger partial charge in [0.2, 0.25) is 5.91 Å². The van der Waals surface area contributed by atoms with Gasteiger partial charge in [0, 0.05) is 29.8 Å². The number of likely N-dealkylation sites (tertiary alicyclic amines) is 1. The van der Waals surface area contributed by atoms with E-state index in [-0.39, 0.29) is 30.6 Å². The van der Waals surface area contributed by atoms with Crippen molar-refractivity contribution in [3.8, 4) is 0 Å². The predicted molar refractivity (Wildman–Crippen MR) is 85.3 cm³/mol. The fourth-order valence-electron chi connectivity index (χ4n) is 2.87. The fourth-order valence-corrected chi connectivity index (χ4v) is 2.99. The van der Waals surface area contributed by atoms with Crippen molar-refractivity contribution < 1.29 is 14.4 Å². The van der Waals surface area contributed by atoms with Crippen LogP contribution in [0.4, 0.5) is 15.3 Å². The maximum absolute atomic E-state index is 12.2. The number of halogens is 1. The van der Waals surface area contributed by atoms with E-state index < -0.39 is 0 Å². The molecule has 2 fully saturated rings. The molecule has 7 nitrogen and oxygen atoms in total. The van der Waals surface area contributed by atoms with Gasteiger partial charge in [-0.1, -0.05) is 11.6 Å². The Balaban J connectivity index is 1.54. The summed E-state index contributed by atoms with van der Waals surface area (Å²) in [5, 5.41) is 5.94. The van der Waals surface area contributed by atoms with Crippen LogP contribution in [0.15, 0.2) is 24.3 Å². The normalized spacial score (nSPS) is 19.0. The number of amides is 5. The molecule has 0 aliphatic carbocycles. The van der Waals surface area contributed by atoms with Gasteiger partial charge in [-0.05, 0) is 37.1 Å². The highest BCUT2D eigenvalue weighted by molar-refractivity contribution is 6.30. The molecule has 2 aliphatic heterocycles. The van der Waals surface area contributed by atoms with Crippen LogP contribution in [0.2, 0.25) is 5.02 Å². The van der Waals surface area contributed by atoms with Crippen LogP contribution in [0.3, 0.4) is 0 Å². The third-order valence-electron chi connectivity index (χ3n) is 4.09. The molecule has 0 radical (unpaired) electrons. The van der Waals surface area contributed by atoms with Crippen LogP contribution in [-0.4, -0.2) is 53.4 Å². The van der Waals surface area contributed by atoms with E-state index in [9.17, 15) is 14.4 Å². The molecule has 0 atom stereocenters. The summed E-state index contributed by atoms with van der Waals surface area (Å²) < 4.78 is 0. The number of rotatable bonds is 2. The standard InChI is InChI=1S/C15H17ClN4O3/c16-10-1-3-11(4-2-10)18-15(23)19-7-5-12(6-8-19)20-13(21)9-17-14(20)22/h1-4,12H,5-9H2,(H,17,22)(H,18,23). The number of carbonyl (C=O) groups excluding carboxylic acids is 3. The molecule has 2 saturated heterocycles. The zero-order chi connectivity index (χ0) is 16.4. The minimum absolute atomic E-state index is 0.0656. The Morgan fingerprint density at radius 3 is 2.39 bits per heavy atom. The molecule has 0 unspecified atom stereocenters. The molecular weight excluding hydrogens is 320 g/mol. The summed E-state index contributed by atoms with van der Waals surface area (Å²) in [7, 11) is 0. The molecule has 5 amide bonds. The highest BCUT2D eigenvalue weighted by atomic mass is 35.5. The maximum atomic E-state index is 12.2. The summed E-state index contributed by atoms with van der Waals surface area (Å²) >= 11 is 5.81. The molecule has 2 aliphatic rings. The van der Waals surface area contributed by atoms with E-state index in [1.54, 1.807) is 29.2 Å². The van der Waals surface area contributed by atoms with Gasteiger partial charge in [-0.2, -0.15) is 0 Å². The average Bonchev–Trinajstić information content (AvgIpc) is 2.88. The van der Waals surface area contributed by atoms with Gasteiger partial charge in [0.15, 0.2) is 0 Å². The van der Waals surface area contributed by atoms with Crippen LogP contribution in [0.1, 0.15) is 12.8 Å². The van der Waals surface area contributed by atoms with E-state index in [1.807, 2.05) is 0 Å². The third-order valence-corrected chi connectivity index (χ3v) is 4.34. The van der Waals surface area contributed by atoms with Gasteiger partial charge in [0.05, 0.1) is 6.54 Å². The number of urea groups is 2. The quantitative estimate of drug-likeness (QED) is 0.809.